The third kappa shape index (κ3) is 3.31. The first-order valence-corrected chi connectivity index (χ1v) is 8.65. The van der Waals surface area contributed by atoms with Crippen LogP contribution in [0.25, 0.3) is 11.4 Å². The van der Waals surface area contributed by atoms with Crippen molar-refractivity contribution < 1.29 is 18.8 Å². The second kappa shape index (κ2) is 6.38. The van der Waals surface area contributed by atoms with E-state index in [-0.39, 0.29) is 24.7 Å². The van der Waals surface area contributed by atoms with E-state index < -0.39 is 0 Å². The molecule has 0 atom stereocenters. The van der Waals surface area contributed by atoms with Gasteiger partial charge in [-0.15, -0.1) is 0 Å². The van der Waals surface area contributed by atoms with Crippen molar-refractivity contribution in [1.82, 2.24) is 15.0 Å². The molecule has 0 saturated heterocycles. The molecule has 2 heterocycles. The van der Waals surface area contributed by atoms with Crippen LogP contribution in [0.2, 0.25) is 0 Å². The van der Waals surface area contributed by atoms with Crippen LogP contribution in [0.5, 0.6) is 11.5 Å². The van der Waals surface area contributed by atoms with E-state index in [1.54, 1.807) is 0 Å². The van der Waals surface area contributed by atoms with Crippen molar-refractivity contribution in [3.63, 3.8) is 0 Å². The molecule has 1 amide bonds. The topological polar surface area (TPSA) is 77.7 Å². The molecule has 1 aliphatic heterocycles. The van der Waals surface area contributed by atoms with Gasteiger partial charge in [-0.1, -0.05) is 5.16 Å². The molecule has 4 rings (SSSR count). The molecular weight excluding hydrogens is 322 g/mol. The molecule has 0 unspecified atom stereocenters. The van der Waals surface area contributed by atoms with E-state index in [4.69, 9.17) is 14.0 Å². The Balaban J connectivity index is 1.43. The minimum absolute atomic E-state index is 0.171. The van der Waals surface area contributed by atoms with E-state index in [1.165, 1.54) is 0 Å². The third-order valence-corrected chi connectivity index (χ3v) is 4.50. The Kier molecular flexibility index (Phi) is 4.07. The van der Waals surface area contributed by atoms with Crippen molar-refractivity contribution in [2.75, 3.05) is 13.3 Å². The highest BCUT2D eigenvalue weighted by molar-refractivity contribution is 5.81. The fourth-order valence-electron chi connectivity index (χ4n) is 2.91. The summed E-state index contributed by atoms with van der Waals surface area (Å²) >= 11 is 0. The smallest absolute Gasteiger partial charge is 0.231 e. The standard InChI is InChI=1S/C18H21N3O4/c1-11(2)21(18(22)12-3-4-12)8-7-16-19-17(20-25-16)13-5-6-14-15(9-13)24-10-23-14/h5-6,9,11-12H,3-4,7-8,10H2,1-2H3. The Labute approximate surface area is 145 Å². The van der Waals surface area contributed by atoms with Crippen molar-refractivity contribution in [3.05, 3.63) is 24.1 Å². The quantitative estimate of drug-likeness (QED) is 0.802. The lowest BCUT2D eigenvalue weighted by Gasteiger charge is -2.26. The van der Waals surface area contributed by atoms with Crippen LogP contribution in [-0.4, -0.2) is 40.3 Å². The van der Waals surface area contributed by atoms with E-state index in [9.17, 15) is 4.79 Å². The molecule has 0 spiro atoms. The van der Waals surface area contributed by atoms with Gasteiger partial charge in [-0.25, -0.2) is 0 Å². The number of hydrogen-bond donors (Lipinski definition) is 0. The van der Waals surface area contributed by atoms with Crippen LogP contribution in [0.4, 0.5) is 0 Å². The fourth-order valence-corrected chi connectivity index (χ4v) is 2.91. The summed E-state index contributed by atoms with van der Waals surface area (Å²) in [6.07, 6.45) is 2.57. The summed E-state index contributed by atoms with van der Waals surface area (Å²) in [4.78, 5) is 18.7. The average Bonchev–Trinajstić information content (AvgIpc) is 3.16. The zero-order chi connectivity index (χ0) is 17.4. The first-order chi connectivity index (χ1) is 12.1. The second-order valence-electron chi connectivity index (χ2n) is 6.73. The highest BCUT2D eigenvalue weighted by Crippen LogP contribution is 2.35. The average molecular weight is 343 g/mol. The molecule has 2 aromatic rings. The molecule has 25 heavy (non-hydrogen) atoms. The summed E-state index contributed by atoms with van der Waals surface area (Å²) < 4.78 is 16.0. The van der Waals surface area contributed by atoms with Crippen molar-refractivity contribution in [1.29, 1.82) is 0 Å². The van der Waals surface area contributed by atoms with Gasteiger partial charge < -0.3 is 18.9 Å². The third-order valence-electron chi connectivity index (χ3n) is 4.50. The highest BCUT2D eigenvalue weighted by Gasteiger charge is 2.34. The lowest BCUT2D eigenvalue weighted by Crippen LogP contribution is -2.39. The van der Waals surface area contributed by atoms with Crippen molar-refractivity contribution in [3.8, 4) is 22.9 Å². The van der Waals surface area contributed by atoms with Crippen LogP contribution in [0.1, 0.15) is 32.6 Å². The molecule has 132 valence electrons. The van der Waals surface area contributed by atoms with Gasteiger partial charge in [0, 0.05) is 30.5 Å². The number of ether oxygens (including phenoxy) is 2. The summed E-state index contributed by atoms with van der Waals surface area (Å²) in [5.41, 5.74) is 0.814. The van der Waals surface area contributed by atoms with E-state index in [0.29, 0.717) is 30.4 Å². The van der Waals surface area contributed by atoms with Crippen LogP contribution < -0.4 is 9.47 Å². The summed E-state index contributed by atoms with van der Waals surface area (Å²) in [5.74, 6) is 2.91. The number of hydrogen-bond acceptors (Lipinski definition) is 6. The normalized spacial score (nSPS) is 15.6. The molecule has 0 radical (unpaired) electrons. The zero-order valence-electron chi connectivity index (χ0n) is 14.4. The minimum Gasteiger partial charge on any atom is -0.454 e. The number of rotatable bonds is 6. The Morgan fingerprint density at radius 1 is 1.28 bits per heavy atom. The van der Waals surface area contributed by atoms with Gasteiger partial charge in [0.25, 0.3) is 0 Å². The molecule has 1 aromatic heterocycles. The Bertz CT molecular complexity index is 782. The largest absolute Gasteiger partial charge is 0.454 e. The number of fused-ring (bicyclic) bond motifs is 1. The molecule has 1 saturated carbocycles. The summed E-state index contributed by atoms with van der Waals surface area (Å²) in [6, 6.07) is 5.72. The number of carbonyl (C=O) groups is 1. The van der Waals surface area contributed by atoms with E-state index in [0.717, 1.165) is 24.2 Å². The molecule has 2 aliphatic rings. The van der Waals surface area contributed by atoms with E-state index in [1.807, 2.05) is 36.9 Å². The summed E-state index contributed by atoms with van der Waals surface area (Å²) in [7, 11) is 0. The maximum absolute atomic E-state index is 12.3. The Hall–Kier alpha value is -2.57. The number of benzene rings is 1. The monoisotopic (exact) mass is 343 g/mol. The van der Waals surface area contributed by atoms with Gasteiger partial charge in [-0.05, 0) is 44.9 Å². The first kappa shape index (κ1) is 15.9. The Morgan fingerprint density at radius 3 is 2.84 bits per heavy atom. The van der Waals surface area contributed by atoms with Gasteiger partial charge in [0.05, 0.1) is 0 Å². The van der Waals surface area contributed by atoms with Gasteiger partial charge in [0.15, 0.2) is 11.5 Å². The number of nitrogens with zero attached hydrogens (tertiary/aromatic N) is 3. The molecule has 1 aromatic carbocycles. The molecule has 1 fully saturated rings. The maximum atomic E-state index is 12.3. The number of carbonyl (C=O) groups excluding carboxylic acids is 1. The van der Waals surface area contributed by atoms with Crippen molar-refractivity contribution in [2.45, 2.75) is 39.2 Å². The van der Waals surface area contributed by atoms with Crippen LogP contribution in [0, 0.1) is 5.92 Å². The number of amides is 1. The molecular formula is C18H21N3O4. The highest BCUT2D eigenvalue weighted by atomic mass is 16.7. The van der Waals surface area contributed by atoms with Crippen LogP contribution in [0.3, 0.4) is 0 Å². The minimum atomic E-state index is 0.171. The van der Waals surface area contributed by atoms with Crippen molar-refractivity contribution in [2.24, 2.45) is 5.92 Å². The fraction of sp³-hybridized carbons (Fsp3) is 0.500. The van der Waals surface area contributed by atoms with Gasteiger partial charge in [-0.2, -0.15) is 4.98 Å². The first-order valence-electron chi connectivity index (χ1n) is 8.65. The molecule has 0 bridgehead atoms. The zero-order valence-corrected chi connectivity index (χ0v) is 14.4. The summed E-state index contributed by atoms with van der Waals surface area (Å²) in [6.45, 7) is 4.89. The van der Waals surface area contributed by atoms with Gasteiger partial charge >= 0.3 is 0 Å². The van der Waals surface area contributed by atoms with Crippen LogP contribution in [-0.2, 0) is 11.2 Å². The predicted octanol–water partition coefficient (Wildman–Crippen LogP) is 2.65. The Morgan fingerprint density at radius 2 is 2.08 bits per heavy atom. The molecule has 7 heteroatoms. The van der Waals surface area contributed by atoms with Crippen LogP contribution >= 0.6 is 0 Å². The van der Waals surface area contributed by atoms with E-state index >= 15 is 0 Å². The second-order valence-corrected chi connectivity index (χ2v) is 6.73. The lowest BCUT2D eigenvalue weighted by atomic mass is 10.2. The molecule has 1 aliphatic carbocycles. The van der Waals surface area contributed by atoms with Crippen LogP contribution in [0.15, 0.2) is 22.7 Å². The van der Waals surface area contributed by atoms with Crippen molar-refractivity contribution >= 4 is 5.91 Å². The van der Waals surface area contributed by atoms with Gasteiger partial charge in [0.2, 0.25) is 24.4 Å². The predicted molar refractivity (Wildman–Crippen MR) is 89.1 cm³/mol. The number of aromatic nitrogens is 2. The summed E-state index contributed by atoms with van der Waals surface area (Å²) in [5, 5.41) is 4.04. The van der Waals surface area contributed by atoms with Gasteiger partial charge in [-0.3, -0.25) is 4.79 Å². The lowest BCUT2D eigenvalue weighted by molar-refractivity contribution is -0.134. The molecule has 7 nitrogen and oxygen atoms in total. The molecule has 0 N–H and O–H groups in total. The van der Waals surface area contributed by atoms with Gasteiger partial charge in [0.1, 0.15) is 0 Å². The maximum Gasteiger partial charge on any atom is 0.231 e. The SMILES string of the molecule is CC(C)N(CCc1nc(-c2ccc3c(c2)OCO3)no1)C(=O)C1CC1. The van der Waals surface area contributed by atoms with E-state index in [2.05, 4.69) is 10.1 Å².